The molecule has 2 N–H and O–H groups in total. The second kappa shape index (κ2) is 5.39. The number of phenolic OH excluding ortho intramolecular Hbond substituents is 1. The number of amides is 1. The topological polar surface area (TPSA) is 58.6 Å². The van der Waals surface area contributed by atoms with Crippen molar-refractivity contribution in [2.75, 3.05) is 12.4 Å². The number of carbonyl (C=O) groups is 1. The lowest BCUT2D eigenvalue weighted by Gasteiger charge is -2.08. The van der Waals surface area contributed by atoms with E-state index in [1.165, 1.54) is 19.2 Å². The predicted molar refractivity (Wildman–Crippen MR) is 69.0 cm³/mol. The van der Waals surface area contributed by atoms with Crippen LogP contribution in [0.15, 0.2) is 42.5 Å². The highest BCUT2D eigenvalue weighted by Crippen LogP contribution is 2.22. The molecule has 98 valence electrons. The highest BCUT2D eigenvalue weighted by atomic mass is 19.1. The number of aromatic hydroxyl groups is 1. The molecule has 0 atom stereocenters. The SMILES string of the molecule is COc1ccc(NC(=O)c2c(O)cccc2F)cc1. The molecule has 0 fully saturated rings. The summed E-state index contributed by atoms with van der Waals surface area (Å²) in [6, 6.07) is 10.3. The van der Waals surface area contributed by atoms with Crippen molar-refractivity contribution >= 4 is 11.6 Å². The van der Waals surface area contributed by atoms with Crippen LogP contribution in [0.4, 0.5) is 10.1 Å². The standard InChI is InChI=1S/C14H12FNO3/c1-19-10-7-5-9(6-8-10)16-14(18)13-11(15)3-2-4-12(13)17/h2-8,17H,1H3,(H,16,18). The number of halogens is 1. The fourth-order valence-corrected chi connectivity index (χ4v) is 1.61. The number of benzene rings is 2. The molecular weight excluding hydrogens is 249 g/mol. The minimum Gasteiger partial charge on any atom is -0.507 e. The molecule has 0 aliphatic rings. The summed E-state index contributed by atoms with van der Waals surface area (Å²) >= 11 is 0. The van der Waals surface area contributed by atoms with Crippen LogP contribution in [0.3, 0.4) is 0 Å². The maximum Gasteiger partial charge on any atom is 0.262 e. The van der Waals surface area contributed by atoms with Gasteiger partial charge in [-0.05, 0) is 36.4 Å². The van der Waals surface area contributed by atoms with Gasteiger partial charge < -0.3 is 15.2 Å². The lowest BCUT2D eigenvalue weighted by Crippen LogP contribution is -2.13. The van der Waals surface area contributed by atoms with Crippen LogP contribution >= 0.6 is 0 Å². The van der Waals surface area contributed by atoms with Crippen LogP contribution in [0.1, 0.15) is 10.4 Å². The van der Waals surface area contributed by atoms with Gasteiger partial charge in [0.1, 0.15) is 22.9 Å². The molecule has 0 aromatic heterocycles. The number of methoxy groups -OCH3 is 1. The van der Waals surface area contributed by atoms with Crippen molar-refractivity contribution in [1.82, 2.24) is 0 Å². The quantitative estimate of drug-likeness (QED) is 0.893. The summed E-state index contributed by atoms with van der Waals surface area (Å²) in [5, 5.41) is 12.0. The van der Waals surface area contributed by atoms with Crippen molar-refractivity contribution in [1.29, 1.82) is 0 Å². The van der Waals surface area contributed by atoms with Crippen molar-refractivity contribution in [3.05, 3.63) is 53.8 Å². The molecule has 0 unspecified atom stereocenters. The van der Waals surface area contributed by atoms with E-state index in [0.29, 0.717) is 11.4 Å². The number of ether oxygens (including phenoxy) is 1. The molecule has 0 saturated heterocycles. The van der Waals surface area contributed by atoms with Gasteiger partial charge in [-0.3, -0.25) is 4.79 Å². The molecule has 19 heavy (non-hydrogen) atoms. The minimum atomic E-state index is -0.772. The van der Waals surface area contributed by atoms with Gasteiger partial charge in [0.2, 0.25) is 0 Å². The van der Waals surface area contributed by atoms with E-state index in [-0.39, 0.29) is 5.56 Å². The van der Waals surface area contributed by atoms with Crippen molar-refractivity contribution in [3.63, 3.8) is 0 Å². The first-order valence-electron chi connectivity index (χ1n) is 5.54. The lowest BCUT2D eigenvalue weighted by molar-refractivity contribution is 0.102. The maximum atomic E-state index is 13.5. The van der Waals surface area contributed by atoms with Crippen molar-refractivity contribution in [2.24, 2.45) is 0 Å². The fraction of sp³-hybridized carbons (Fsp3) is 0.0714. The molecule has 0 heterocycles. The molecule has 2 aromatic carbocycles. The Morgan fingerprint density at radius 2 is 1.89 bits per heavy atom. The normalized spacial score (nSPS) is 10.0. The third kappa shape index (κ3) is 2.82. The lowest BCUT2D eigenvalue weighted by atomic mass is 10.1. The van der Waals surface area contributed by atoms with Gasteiger partial charge in [0.15, 0.2) is 0 Å². The van der Waals surface area contributed by atoms with E-state index < -0.39 is 17.5 Å². The molecule has 1 amide bonds. The predicted octanol–water partition coefficient (Wildman–Crippen LogP) is 2.79. The summed E-state index contributed by atoms with van der Waals surface area (Å²) in [6.07, 6.45) is 0. The van der Waals surface area contributed by atoms with Crippen LogP contribution in [-0.2, 0) is 0 Å². The van der Waals surface area contributed by atoms with Crippen LogP contribution in [0.2, 0.25) is 0 Å². The molecule has 2 aromatic rings. The molecule has 0 aliphatic heterocycles. The van der Waals surface area contributed by atoms with E-state index in [4.69, 9.17) is 4.74 Å². The Morgan fingerprint density at radius 3 is 2.47 bits per heavy atom. The van der Waals surface area contributed by atoms with Gasteiger partial charge in [-0.1, -0.05) is 6.07 Å². The van der Waals surface area contributed by atoms with Crippen LogP contribution in [-0.4, -0.2) is 18.1 Å². The van der Waals surface area contributed by atoms with Gasteiger partial charge in [-0.2, -0.15) is 0 Å². The smallest absolute Gasteiger partial charge is 0.262 e. The van der Waals surface area contributed by atoms with Crippen LogP contribution in [0, 0.1) is 5.82 Å². The van der Waals surface area contributed by atoms with Gasteiger partial charge >= 0.3 is 0 Å². The fourth-order valence-electron chi connectivity index (χ4n) is 1.61. The van der Waals surface area contributed by atoms with Crippen molar-refractivity contribution in [3.8, 4) is 11.5 Å². The second-order valence-corrected chi connectivity index (χ2v) is 3.82. The third-order valence-corrected chi connectivity index (χ3v) is 2.57. The van der Waals surface area contributed by atoms with Gasteiger partial charge in [-0.15, -0.1) is 0 Å². The second-order valence-electron chi connectivity index (χ2n) is 3.82. The Hall–Kier alpha value is -2.56. The Morgan fingerprint density at radius 1 is 1.21 bits per heavy atom. The Kier molecular flexibility index (Phi) is 3.66. The number of nitrogens with one attached hydrogen (secondary N) is 1. The van der Waals surface area contributed by atoms with E-state index in [9.17, 15) is 14.3 Å². The average molecular weight is 261 g/mol. The highest BCUT2D eigenvalue weighted by molar-refractivity contribution is 6.06. The molecule has 0 saturated carbocycles. The Labute approximate surface area is 109 Å². The van der Waals surface area contributed by atoms with Crippen molar-refractivity contribution < 1.29 is 19.0 Å². The third-order valence-electron chi connectivity index (χ3n) is 2.57. The van der Waals surface area contributed by atoms with E-state index in [1.807, 2.05) is 0 Å². The number of hydrogen-bond donors (Lipinski definition) is 2. The van der Waals surface area contributed by atoms with E-state index in [0.717, 1.165) is 6.07 Å². The monoisotopic (exact) mass is 261 g/mol. The van der Waals surface area contributed by atoms with Crippen LogP contribution < -0.4 is 10.1 Å². The maximum absolute atomic E-state index is 13.5. The highest BCUT2D eigenvalue weighted by Gasteiger charge is 2.16. The number of rotatable bonds is 3. The first kappa shape index (κ1) is 12.9. The summed E-state index contributed by atoms with van der Waals surface area (Å²) in [7, 11) is 1.53. The van der Waals surface area contributed by atoms with Crippen LogP contribution in [0.25, 0.3) is 0 Å². The summed E-state index contributed by atoms with van der Waals surface area (Å²) in [4.78, 5) is 11.9. The van der Waals surface area contributed by atoms with E-state index in [2.05, 4.69) is 5.32 Å². The summed E-state index contributed by atoms with van der Waals surface area (Å²) < 4.78 is 18.5. The van der Waals surface area contributed by atoms with Crippen LogP contribution in [0.5, 0.6) is 11.5 Å². The van der Waals surface area contributed by atoms with Gasteiger partial charge in [0.05, 0.1) is 7.11 Å². The van der Waals surface area contributed by atoms with Gasteiger partial charge in [0.25, 0.3) is 5.91 Å². The Bertz CT molecular complexity index is 576. The molecule has 0 aliphatic carbocycles. The zero-order valence-electron chi connectivity index (χ0n) is 10.2. The number of carbonyl (C=O) groups excluding carboxylic acids is 1. The number of phenols is 1. The molecular formula is C14H12FNO3. The van der Waals surface area contributed by atoms with E-state index in [1.54, 1.807) is 24.3 Å². The number of hydrogen-bond acceptors (Lipinski definition) is 3. The zero-order chi connectivity index (χ0) is 13.8. The summed E-state index contributed by atoms with van der Waals surface area (Å²) in [5.74, 6) is -1.23. The molecule has 5 heteroatoms. The summed E-state index contributed by atoms with van der Waals surface area (Å²) in [6.45, 7) is 0. The summed E-state index contributed by atoms with van der Waals surface area (Å²) in [5.41, 5.74) is 0.103. The minimum absolute atomic E-state index is 0.377. The average Bonchev–Trinajstić information content (AvgIpc) is 2.39. The first-order chi connectivity index (χ1) is 9.11. The van der Waals surface area contributed by atoms with Gasteiger partial charge in [-0.25, -0.2) is 4.39 Å². The largest absolute Gasteiger partial charge is 0.507 e. The zero-order valence-corrected chi connectivity index (χ0v) is 10.2. The molecule has 2 rings (SSSR count). The molecule has 4 nitrogen and oxygen atoms in total. The number of anilines is 1. The van der Waals surface area contributed by atoms with E-state index >= 15 is 0 Å². The van der Waals surface area contributed by atoms with Gasteiger partial charge in [0, 0.05) is 5.69 Å². The van der Waals surface area contributed by atoms with Crippen molar-refractivity contribution in [2.45, 2.75) is 0 Å². The molecule has 0 radical (unpaired) electrons. The molecule has 0 bridgehead atoms. The first-order valence-corrected chi connectivity index (χ1v) is 5.54. The molecule has 0 spiro atoms. The Balaban J connectivity index is 2.21.